The molecule has 0 saturated heterocycles. The molecule has 0 radical (unpaired) electrons. The molecule has 9 nitrogen and oxygen atoms in total. The van der Waals surface area contributed by atoms with Gasteiger partial charge >= 0.3 is 0 Å². The second kappa shape index (κ2) is 8.62. The van der Waals surface area contributed by atoms with Crippen molar-refractivity contribution in [3.63, 3.8) is 0 Å². The molecule has 0 fully saturated rings. The SMILES string of the molecule is C/C=c1/nc(N)n(-c2ccccc2)c(=O)/c1=C/Cc1cnc(OC)c(-c2cnn[nH]2)c1. The first-order chi connectivity index (χ1) is 15.1. The molecule has 0 aliphatic heterocycles. The summed E-state index contributed by atoms with van der Waals surface area (Å²) in [5.41, 5.74) is 8.83. The third-order valence-corrected chi connectivity index (χ3v) is 4.81. The second-order valence-corrected chi connectivity index (χ2v) is 6.71. The van der Waals surface area contributed by atoms with Gasteiger partial charge in [0.25, 0.3) is 5.56 Å². The van der Waals surface area contributed by atoms with E-state index in [0.717, 1.165) is 11.1 Å². The van der Waals surface area contributed by atoms with E-state index in [4.69, 9.17) is 10.5 Å². The Morgan fingerprint density at radius 3 is 2.71 bits per heavy atom. The second-order valence-electron chi connectivity index (χ2n) is 6.71. The minimum Gasteiger partial charge on any atom is -0.481 e. The number of rotatable bonds is 5. The third-order valence-electron chi connectivity index (χ3n) is 4.81. The van der Waals surface area contributed by atoms with Crippen molar-refractivity contribution < 1.29 is 4.74 Å². The largest absolute Gasteiger partial charge is 0.481 e. The molecule has 31 heavy (non-hydrogen) atoms. The monoisotopic (exact) mass is 415 g/mol. The van der Waals surface area contributed by atoms with Crippen molar-refractivity contribution in [2.75, 3.05) is 12.8 Å². The zero-order chi connectivity index (χ0) is 21.8. The Morgan fingerprint density at radius 1 is 1.23 bits per heavy atom. The quantitative estimate of drug-likeness (QED) is 0.495. The summed E-state index contributed by atoms with van der Waals surface area (Å²) in [5, 5.41) is 11.4. The van der Waals surface area contributed by atoms with Gasteiger partial charge in [0, 0.05) is 6.20 Å². The number of aromatic amines is 1. The number of pyridine rings is 1. The molecule has 0 spiro atoms. The molecule has 3 N–H and O–H groups in total. The van der Waals surface area contributed by atoms with E-state index in [1.165, 1.54) is 4.57 Å². The van der Waals surface area contributed by atoms with Crippen LogP contribution in [-0.2, 0) is 6.42 Å². The number of nitrogens with one attached hydrogen (secondary N) is 1. The molecule has 4 aromatic rings. The first kappa shape index (κ1) is 20.0. The normalized spacial score (nSPS) is 12.3. The molecule has 1 aromatic carbocycles. The van der Waals surface area contributed by atoms with Crippen LogP contribution in [-0.4, -0.2) is 37.1 Å². The maximum absolute atomic E-state index is 13.3. The van der Waals surface area contributed by atoms with Crippen LogP contribution in [0.15, 0.2) is 53.6 Å². The van der Waals surface area contributed by atoms with Crippen LogP contribution in [0.5, 0.6) is 5.88 Å². The Labute approximate surface area is 177 Å². The Bertz CT molecular complexity index is 1380. The summed E-state index contributed by atoms with van der Waals surface area (Å²) in [6, 6.07) is 11.1. The van der Waals surface area contributed by atoms with Gasteiger partial charge in [-0.2, -0.15) is 0 Å². The highest BCUT2D eigenvalue weighted by atomic mass is 16.5. The summed E-state index contributed by atoms with van der Waals surface area (Å²) < 4.78 is 6.75. The van der Waals surface area contributed by atoms with Gasteiger partial charge in [0.15, 0.2) is 0 Å². The van der Waals surface area contributed by atoms with Gasteiger partial charge < -0.3 is 10.5 Å². The Kier molecular flexibility index (Phi) is 5.57. The predicted molar refractivity (Wildman–Crippen MR) is 118 cm³/mol. The first-order valence-electron chi connectivity index (χ1n) is 9.62. The minimum atomic E-state index is -0.230. The number of nitrogens with two attached hydrogens (primary N) is 1. The summed E-state index contributed by atoms with van der Waals surface area (Å²) in [6.07, 6.45) is 7.37. The number of hydrogen-bond donors (Lipinski definition) is 2. The van der Waals surface area contributed by atoms with Crippen LogP contribution in [0.4, 0.5) is 5.95 Å². The van der Waals surface area contributed by atoms with Gasteiger partial charge in [-0.05, 0) is 37.1 Å². The average Bonchev–Trinajstić information content (AvgIpc) is 3.33. The number of aromatic nitrogens is 6. The highest BCUT2D eigenvalue weighted by molar-refractivity contribution is 5.65. The molecular formula is C22H21N7O2. The van der Waals surface area contributed by atoms with Crippen LogP contribution in [0.3, 0.4) is 0 Å². The zero-order valence-corrected chi connectivity index (χ0v) is 17.1. The fraction of sp³-hybridized carbons (Fsp3) is 0.136. The van der Waals surface area contributed by atoms with E-state index >= 15 is 0 Å². The Balaban J connectivity index is 1.82. The van der Waals surface area contributed by atoms with Crippen molar-refractivity contribution in [2.45, 2.75) is 13.3 Å². The summed E-state index contributed by atoms with van der Waals surface area (Å²) in [6.45, 7) is 1.82. The number of para-hydroxylation sites is 1. The van der Waals surface area contributed by atoms with Gasteiger partial charge in [-0.3, -0.25) is 9.89 Å². The molecule has 9 heteroatoms. The van der Waals surface area contributed by atoms with E-state index in [-0.39, 0.29) is 11.5 Å². The third kappa shape index (κ3) is 3.93. The fourth-order valence-corrected chi connectivity index (χ4v) is 3.32. The molecule has 3 heterocycles. The Hall–Kier alpha value is -4.27. The van der Waals surface area contributed by atoms with Crippen LogP contribution < -0.4 is 26.6 Å². The van der Waals surface area contributed by atoms with E-state index in [2.05, 4.69) is 25.4 Å². The molecule has 0 amide bonds. The number of ether oxygens (including phenoxy) is 1. The number of H-pyrrole nitrogens is 1. The summed E-state index contributed by atoms with van der Waals surface area (Å²) in [4.78, 5) is 22.1. The first-order valence-corrected chi connectivity index (χ1v) is 9.62. The molecule has 0 saturated carbocycles. The van der Waals surface area contributed by atoms with Crippen molar-refractivity contribution >= 4 is 18.1 Å². The molecule has 156 valence electrons. The molecule has 0 atom stereocenters. The number of nitrogens with zero attached hydrogens (tertiary/aromatic N) is 5. The predicted octanol–water partition coefficient (Wildman–Crippen LogP) is 0.827. The van der Waals surface area contributed by atoms with Crippen LogP contribution in [0, 0.1) is 0 Å². The summed E-state index contributed by atoms with van der Waals surface area (Å²) >= 11 is 0. The van der Waals surface area contributed by atoms with Crippen LogP contribution >= 0.6 is 0 Å². The van der Waals surface area contributed by atoms with Crippen molar-refractivity contribution in [2.24, 2.45) is 0 Å². The number of nitrogen functional groups attached to an aromatic ring is 1. The van der Waals surface area contributed by atoms with Crippen molar-refractivity contribution in [1.82, 2.24) is 29.9 Å². The lowest BCUT2D eigenvalue weighted by Crippen LogP contribution is -2.47. The lowest BCUT2D eigenvalue weighted by atomic mass is 10.1. The molecule has 0 aliphatic rings. The maximum atomic E-state index is 13.3. The topological polar surface area (TPSA) is 125 Å². The van der Waals surface area contributed by atoms with Crippen molar-refractivity contribution in [3.05, 3.63) is 75.3 Å². The van der Waals surface area contributed by atoms with Crippen molar-refractivity contribution in [3.8, 4) is 22.8 Å². The van der Waals surface area contributed by atoms with Gasteiger partial charge in [-0.15, -0.1) is 5.10 Å². The van der Waals surface area contributed by atoms with E-state index < -0.39 is 0 Å². The standard InChI is InChI=1S/C22H21N7O2/c1-3-18-16(21(30)29(22(23)26-18)15-7-5-4-6-8-15)10-9-14-11-17(19-13-25-28-27-19)20(31-2)24-12-14/h3-8,10-13H,9H2,1-2H3,(H2,23,26)(H,25,27,28)/b16-10+,18-3+. The van der Waals surface area contributed by atoms with E-state index in [9.17, 15) is 4.79 Å². The molecule has 3 aromatic heterocycles. The lowest BCUT2D eigenvalue weighted by Gasteiger charge is -2.09. The van der Waals surface area contributed by atoms with Crippen molar-refractivity contribution in [1.29, 1.82) is 0 Å². The maximum Gasteiger partial charge on any atom is 0.267 e. The number of benzene rings is 1. The van der Waals surface area contributed by atoms with Gasteiger partial charge in [0.1, 0.15) is 0 Å². The molecule has 0 bridgehead atoms. The van der Waals surface area contributed by atoms with Crippen LogP contribution in [0.1, 0.15) is 12.5 Å². The fourth-order valence-electron chi connectivity index (χ4n) is 3.32. The summed E-state index contributed by atoms with van der Waals surface area (Å²) in [7, 11) is 1.55. The molecule has 4 rings (SSSR count). The van der Waals surface area contributed by atoms with E-state index in [1.807, 2.05) is 49.4 Å². The number of hydrogen-bond acceptors (Lipinski definition) is 7. The van der Waals surface area contributed by atoms with Gasteiger partial charge in [0.05, 0.1) is 40.8 Å². The number of anilines is 1. The minimum absolute atomic E-state index is 0.140. The average molecular weight is 415 g/mol. The highest BCUT2D eigenvalue weighted by Gasteiger charge is 2.11. The lowest BCUT2D eigenvalue weighted by molar-refractivity contribution is 0.399. The number of methoxy groups -OCH3 is 1. The summed E-state index contributed by atoms with van der Waals surface area (Å²) in [5.74, 6) is 0.597. The van der Waals surface area contributed by atoms with Gasteiger partial charge in [0.2, 0.25) is 11.8 Å². The van der Waals surface area contributed by atoms with Gasteiger partial charge in [-0.25, -0.2) is 14.5 Å². The molecule has 0 unspecified atom stereocenters. The van der Waals surface area contributed by atoms with Gasteiger partial charge in [-0.1, -0.05) is 35.6 Å². The van der Waals surface area contributed by atoms with E-state index in [0.29, 0.717) is 34.2 Å². The molecule has 0 aliphatic carbocycles. The van der Waals surface area contributed by atoms with Crippen LogP contribution in [0.25, 0.3) is 29.1 Å². The Morgan fingerprint density at radius 2 is 2.03 bits per heavy atom. The smallest absolute Gasteiger partial charge is 0.267 e. The van der Waals surface area contributed by atoms with E-state index in [1.54, 1.807) is 25.6 Å². The zero-order valence-electron chi connectivity index (χ0n) is 17.1. The molecular weight excluding hydrogens is 394 g/mol. The van der Waals surface area contributed by atoms with Crippen LogP contribution in [0.2, 0.25) is 0 Å². The highest BCUT2D eigenvalue weighted by Crippen LogP contribution is 2.26.